The lowest BCUT2D eigenvalue weighted by Gasteiger charge is -2.26. The van der Waals surface area contributed by atoms with Crippen LogP contribution in [0.2, 0.25) is 0 Å². The van der Waals surface area contributed by atoms with Gasteiger partial charge in [-0.1, -0.05) is 6.42 Å². The summed E-state index contributed by atoms with van der Waals surface area (Å²) >= 11 is 0. The first kappa shape index (κ1) is 14.3. The lowest BCUT2D eigenvalue weighted by atomic mass is 10.1. The van der Waals surface area contributed by atoms with Crippen molar-refractivity contribution in [3.05, 3.63) is 24.2 Å². The zero-order chi connectivity index (χ0) is 14.9. The number of piperidine rings is 1. The van der Waals surface area contributed by atoms with E-state index in [0.29, 0.717) is 12.1 Å². The number of hydrogen-bond donors (Lipinski definition) is 0. The van der Waals surface area contributed by atoms with Crippen LogP contribution >= 0.6 is 0 Å². The molecule has 0 aromatic carbocycles. The maximum absolute atomic E-state index is 13.0. The van der Waals surface area contributed by atoms with Crippen LogP contribution in [0.4, 0.5) is 13.2 Å². The summed E-state index contributed by atoms with van der Waals surface area (Å²) in [4.78, 5) is 6.07. The molecule has 0 aliphatic carbocycles. The summed E-state index contributed by atoms with van der Waals surface area (Å²) in [6.07, 6.45) is 1.86. The summed E-state index contributed by atoms with van der Waals surface area (Å²) < 4.78 is 40.5. The molecule has 3 rings (SSSR count). The molecule has 2 aromatic rings. The molecule has 21 heavy (non-hydrogen) atoms. The van der Waals surface area contributed by atoms with Gasteiger partial charge in [-0.3, -0.25) is 9.67 Å². The number of likely N-dealkylation sites (tertiary alicyclic amines) is 1. The fraction of sp³-hybridized carbons (Fsp3) is 0.571. The molecular formula is C14H17F3N4. The predicted octanol–water partition coefficient (Wildman–Crippen LogP) is 2.94. The maximum Gasteiger partial charge on any atom is 0.435 e. The third kappa shape index (κ3) is 3.02. The molecule has 0 amide bonds. The minimum Gasteiger partial charge on any atom is -0.301 e. The van der Waals surface area contributed by atoms with Gasteiger partial charge in [-0.25, -0.2) is 0 Å². The monoisotopic (exact) mass is 298 g/mol. The molecule has 1 saturated heterocycles. The Kier molecular flexibility index (Phi) is 3.84. The number of hydrogen-bond acceptors (Lipinski definition) is 3. The van der Waals surface area contributed by atoms with Gasteiger partial charge < -0.3 is 4.90 Å². The summed E-state index contributed by atoms with van der Waals surface area (Å²) in [5.41, 5.74) is -0.349. The normalized spacial score (nSPS) is 17.5. The largest absolute Gasteiger partial charge is 0.435 e. The Morgan fingerprint density at radius 3 is 2.57 bits per heavy atom. The molecular weight excluding hydrogens is 281 g/mol. The van der Waals surface area contributed by atoms with E-state index in [4.69, 9.17) is 0 Å². The van der Waals surface area contributed by atoms with Crippen molar-refractivity contribution in [1.29, 1.82) is 0 Å². The summed E-state index contributed by atoms with van der Waals surface area (Å²) in [5.74, 6) is 0. The van der Waals surface area contributed by atoms with Gasteiger partial charge in [0.15, 0.2) is 5.69 Å². The number of rotatable bonds is 3. The van der Waals surface area contributed by atoms with Gasteiger partial charge in [0.05, 0.1) is 17.4 Å². The van der Waals surface area contributed by atoms with Crippen LogP contribution in [-0.2, 0) is 12.7 Å². The lowest BCUT2D eigenvalue weighted by molar-refractivity contribution is -0.140. The summed E-state index contributed by atoms with van der Waals surface area (Å²) in [6, 6.07) is 1.59. The molecule has 0 bridgehead atoms. The van der Waals surface area contributed by atoms with Crippen LogP contribution in [0.3, 0.4) is 0 Å². The Morgan fingerprint density at radius 2 is 1.86 bits per heavy atom. The third-order valence-electron chi connectivity index (χ3n) is 3.90. The Morgan fingerprint density at radius 1 is 1.10 bits per heavy atom. The standard InChI is InChI=1S/C14H17F3N4/c15-14(16,17)13-11-10-18-5-4-12(11)21(19-13)9-8-20-6-2-1-3-7-20/h4-5,10H,1-3,6-9H2. The Hall–Kier alpha value is -1.63. The highest BCUT2D eigenvalue weighted by atomic mass is 19.4. The highest BCUT2D eigenvalue weighted by Gasteiger charge is 2.36. The van der Waals surface area contributed by atoms with E-state index in [1.165, 1.54) is 23.5 Å². The van der Waals surface area contributed by atoms with Gasteiger partial charge in [-0.2, -0.15) is 18.3 Å². The van der Waals surface area contributed by atoms with E-state index in [1.54, 1.807) is 6.07 Å². The van der Waals surface area contributed by atoms with Gasteiger partial charge in [0.2, 0.25) is 0 Å². The summed E-state index contributed by atoms with van der Waals surface area (Å²) in [6.45, 7) is 3.24. The van der Waals surface area contributed by atoms with Crippen LogP contribution in [-0.4, -0.2) is 39.3 Å². The van der Waals surface area contributed by atoms with E-state index in [0.717, 1.165) is 32.5 Å². The molecule has 1 aliphatic heterocycles. The number of halogens is 3. The zero-order valence-electron chi connectivity index (χ0n) is 11.6. The van der Waals surface area contributed by atoms with Gasteiger partial charge in [0.25, 0.3) is 0 Å². The van der Waals surface area contributed by atoms with Crippen LogP contribution in [0, 0.1) is 0 Å². The topological polar surface area (TPSA) is 34.0 Å². The quantitative estimate of drug-likeness (QED) is 0.873. The van der Waals surface area contributed by atoms with Gasteiger partial charge in [-0.05, 0) is 32.0 Å². The van der Waals surface area contributed by atoms with Crippen molar-refractivity contribution >= 4 is 10.9 Å². The number of alkyl halides is 3. The highest BCUT2D eigenvalue weighted by molar-refractivity contribution is 5.81. The lowest BCUT2D eigenvalue weighted by Crippen LogP contribution is -2.32. The molecule has 0 radical (unpaired) electrons. The Bertz CT molecular complexity index is 614. The fourth-order valence-corrected chi connectivity index (χ4v) is 2.82. The fourth-order valence-electron chi connectivity index (χ4n) is 2.82. The van der Waals surface area contributed by atoms with Crippen molar-refractivity contribution in [2.24, 2.45) is 0 Å². The van der Waals surface area contributed by atoms with Crippen molar-refractivity contribution in [2.75, 3.05) is 19.6 Å². The van der Waals surface area contributed by atoms with E-state index in [9.17, 15) is 13.2 Å². The second-order valence-electron chi connectivity index (χ2n) is 5.36. The Balaban J connectivity index is 1.84. The van der Waals surface area contributed by atoms with Gasteiger partial charge in [0.1, 0.15) is 0 Å². The van der Waals surface area contributed by atoms with E-state index < -0.39 is 11.9 Å². The first-order chi connectivity index (χ1) is 10.1. The number of nitrogens with zero attached hydrogens (tertiary/aromatic N) is 4. The van der Waals surface area contributed by atoms with Crippen molar-refractivity contribution in [3.63, 3.8) is 0 Å². The molecule has 2 aromatic heterocycles. The summed E-state index contributed by atoms with van der Waals surface area (Å²) in [5, 5.41) is 3.84. The molecule has 4 nitrogen and oxygen atoms in total. The van der Waals surface area contributed by atoms with E-state index in [2.05, 4.69) is 15.0 Å². The highest BCUT2D eigenvalue weighted by Crippen LogP contribution is 2.33. The summed E-state index contributed by atoms with van der Waals surface area (Å²) in [7, 11) is 0. The SMILES string of the molecule is FC(F)(F)c1nn(CCN2CCCCC2)c2ccncc12. The van der Waals surface area contributed by atoms with Crippen molar-refractivity contribution in [1.82, 2.24) is 19.7 Å². The maximum atomic E-state index is 13.0. The van der Waals surface area contributed by atoms with Gasteiger partial charge in [-0.15, -0.1) is 0 Å². The zero-order valence-corrected chi connectivity index (χ0v) is 11.6. The van der Waals surface area contributed by atoms with Crippen molar-refractivity contribution < 1.29 is 13.2 Å². The predicted molar refractivity (Wildman–Crippen MR) is 72.8 cm³/mol. The van der Waals surface area contributed by atoms with Crippen LogP contribution < -0.4 is 0 Å². The molecule has 1 aliphatic rings. The first-order valence-corrected chi connectivity index (χ1v) is 7.16. The Labute approximate surface area is 120 Å². The molecule has 3 heterocycles. The van der Waals surface area contributed by atoms with Gasteiger partial charge in [0, 0.05) is 18.9 Å². The third-order valence-corrected chi connectivity index (χ3v) is 3.90. The van der Waals surface area contributed by atoms with E-state index in [1.807, 2.05) is 0 Å². The molecule has 0 unspecified atom stereocenters. The molecule has 0 atom stereocenters. The van der Waals surface area contributed by atoms with Crippen LogP contribution in [0.25, 0.3) is 10.9 Å². The van der Waals surface area contributed by atoms with E-state index in [-0.39, 0.29) is 5.39 Å². The van der Waals surface area contributed by atoms with Gasteiger partial charge >= 0.3 is 6.18 Å². The van der Waals surface area contributed by atoms with Crippen LogP contribution in [0.1, 0.15) is 25.0 Å². The minimum absolute atomic E-state index is 0.0728. The average molecular weight is 298 g/mol. The first-order valence-electron chi connectivity index (χ1n) is 7.16. The molecule has 114 valence electrons. The molecule has 0 spiro atoms. The smallest absolute Gasteiger partial charge is 0.301 e. The number of aromatic nitrogens is 3. The second kappa shape index (κ2) is 5.63. The molecule has 0 N–H and O–H groups in total. The number of pyridine rings is 1. The van der Waals surface area contributed by atoms with Crippen LogP contribution in [0.15, 0.2) is 18.5 Å². The van der Waals surface area contributed by atoms with Crippen molar-refractivity contribution in [2.45, 2.75) is 32.0 Å². The number of fused-ring (bicyclic) bond motifs is 1. The van der Waals surface area contributed by atoms with Crippen LogP contribution in [0.5, 0.6) is 0 Å². The minimum atomic E-state index is -4.45. The molecule has 1 fully saturated rings. The van der Waals surface area contributed by atoms with E-state index >= 15 is 0 Å². The average Bonchev–Trinajstić information content (AvgIpc) is 2.85. The second-order valence-corrected chi connectivity index (χ2v) is 5.36. The van der Waals surface area contributed by atoms with Crippen molar-refractivity contribution in [3.8, 4) is 0 Å². The molecule has 0 saturated carbocycles. The molecule has 7 heteroatoms.